The van der Waals surface area contributed by atoms with E-state index in [1.165, 1.54) is 5.56 Å². The molecule has 1 aliphatic carbocycles. The highest BCUT2D eigenvalue weighted by Gasteiger charge is 2.40. The Kier molecular flexibility index (Phi) is 3.86. The maximum Gasteiger partial charge on any atom is 0.142 e. The summed E-state index contributed by atoms with van der Waals surface area (Å²) in [5.41, 5.74) is 3.46. The molecular weight excluding hydrogens is 374 g/mol. The molecule has 2 aromatic rings. The Balaban J connectivity index is 1.88. The van der Waals surface area contributed by atoms with Crippen LogP contribution in [0.15, 0.2) is 53.0 Å². The zero-order valence-corrected chi connectivity index (χ0v) is 15.1. The van der Waals surface area contributed by atoms with E-state index in [9.17, 15) is 0 Å². The second-order valence-electron chi connectivity index (χ2n) is 6.04. The van der Waals surface area contributed by atoms with Gasteiger partial charge in [0.25, 0.3) is 0 Å². The van der Waals surface area contributed by atoms with Crippen LogP contribution in [0.25, 0.3) is 0 Å². The molecule has 1 heterocycles. The van der Waals surface area contributed by atoms with Crippen LogP contribution >= 0.6 is 27.5 Å². The summed E-state index contributed by atoms with van der Waals surface area (Å²) in [6.07, 6.45) is 5.61. The van der Waals surface area contributed by atoms with Crippen LogP contribution in [0.3, 0.4) is 0 Å². The van der Waals surface area contributed by atoms with Crippen molar-refractivity contribution in [3.8, 4) is 5.75 Å². The van der Waals surface area contributed by atoms with Crippen LogP contribution < -0.4 is 10.1 Å². The van der Waals surface area contributed by atoms with Crippen molar-refractivity contribution in [3.63, 3.8) is 0 Å². The van der Waals surface area contributed by atoms with E-state index in [4.69, 9.17) is 16.3 Å². The lowest BCUT2D eigenvalue weighted by molar-refractivity contribution is 0.397. The third-order valence-corrected chi connectivity index (χ3v) is 5.94. The number of fused-ring (bicyclic) bond motifs is 3. The fourth-order valence-electron chi connectivity index (χ4n) is 3.84. The van der Waals surface area contributed by atoms with Crippen LogP contribution in [0.5, 0.6) is 5.75 Å². The Morgan fingerprint density at radius 2 is 2.04 bits per heavy atom. The number of hydrogen-bond donors (Lipinski definition) is 1. The molecule has 0 amide bonds. The minimum Gasteiger partial charge on any atom is -0.495 e. The molecule has 2 aromatic carbocycles. The van der Waals surface area contributed by atoms with Crippen LogP contribution in [0.4, 0.5) is 5.69 Å². The lowest BCUT2D eigenvalue weighted by Gasteiger charge is -2.39. The van der Waals surface area contributed by atoms with E-state index in [0.29, 0.717) is 11.8 Å². The van der Waals surface area contributed by atoms with Gasteiger partial charge in [-0.3, -0.25) is 0 Å². The summed E-state index contributed by atoms with van der Waals surface area (Å²) in [6.45, 7) is 0. The van der Waals surface area contributed by atoms with Gasteiger partial charge in [0.05, 0.1) is 18.8 Å². The maximum atomic E-state index is 6.52. The van der Waals surface area contributed by atoms with Crippen molar-refractivity contribution in [2.75, 3.05) is 12.4 Å². The SMILES string of the molecule is COc1ccc(Cl)c2c1N[C@H](c1ccccc1Br)[C@@H]1CC=C[C@H]21. The summed E-state index contributed by atoms with van der Waals surface area (Å²) in [4.78, 5) is 0. The van der Waals surface area contributed by atoms with Gasteiger partial charge in [0.1, 0.15) is 5.75 Å². The maximum absolute atomic E-state index is 6.52. The van der Waals surface area contributed by atoms with E-state index >= 15 is 0 Å². The van der Waals surface area contributed by atoms with Crippen molar-refractivity contribution in [2.24, 2.45) is 5.92 Å². The van der Waals surface area contributed by atoms with Gasteiger partial charge in [-0.2, -0.15) is 0 Å². The molecule has 0 aromatic heterocycles. The van der Waals surface area contributed by atoms with Gasteiger partial charge in [0.2, 0.25) is 0 Å². The normalized spacial score (nSPS) is 24.7. The number of methoxy groups -OCH3 is 1. The number of allylic oxidation sites excluding steroid dienone is 2. The minimum absolute atomic E-state index is 0.227. The molecule has 4 rings (SSSR count). The predicted octanol–water partition coefficient (Wildman–Crippen LogP) is 5.94. The molecule has 0 radical (unpaired) electrons. The summed E-state index contributed by atoms with van der Waals surface area (Å²) < 4.78 is 6.71. The van der Waals surface area contributed by atoms with Crippen LogP contribution in [-0.2, 0) is 0 Å². The van der Waals surface area contributed by atoms with Crippen LogP contribution in [-0.4, -0.2) is 7.11 Å². The fourth-order valence-corrected chi connectivity index (χ4v) is 4.66. The fraction of sp³-hybridized carbons (Fsp3) is 0.263. The number of halogens is 2. The lowest BCUT2D eigenvalue weighted by Crippen LogP contribution is -2.29. The van der Waals surface area contributed by atoms with Gasteiger partial charge < -0.3 is 10.1 Å². The third-order valence-electron chi connectivity index (χ3n) is 4.89. The van der Waals surface area contributed by atoms with Gasteiger partial charge in [0.15, 0.2) is 0 Å². The molecule has 2 aliphatic rings. The molecule has 4 heteroatoms. The Labute approximate surface area is 149 Å². The summed E-state index contributed by atoms with van der Waals surface area (Å²) >= 11 is 10.2. The number of nitrogens with one attached hydrogen (secondary N) is 1. The largest absolute Gasteiger partial charge is 0.495 e. The Bertz CT molecular complexity index is 789. The average molecular weight is 391 g/mol. The first-order valence-electron chi connectivity index (χ1n) is 7.74. The summed E-state index contributed by atoms with van der Waals surface area (Å²) in [5.74, 6) is 1.64. The Morgan fingerprint density at radius 3 is 2.83 bits per heavy atom. The Hall–Kier alpha value is -1.45. The number of ether oxygens (including phenoxy) is 1. The van der Waals surface area contributed by atoms with E-state index < -0.39 is 0 Å². The van der Waals surface area contributed by atoms with Gasteiger partial charge in [-0.15, -0.1) is 0 Å². The lowest BCUT2D eigenvalue weighted by atomic mass is 9.77. The predicted molar refractivity (Wildman–Crippen MR) is 98.5 cm³/mol. The highest BCUT2D eigenvalue weighted by Crippen LogP contribution is 2.54. The van der Waals surface area contributed by atoms with Crippen LogP contribution in [0.2, 0.25) is 5.02 Å². The quantitative estimate of drug-likeness (QED) is 0.641. The van der Waals surface area contributed by atoms with E-state index in [2.05, 4.69) is 51.6 Å². The van der Waals surface area contributed by atoms with E-state index in [1.54, 1.807) is 7.11 Å². The molecule has 0 saturated heterocycles. The summed E-state index contributed by atoms with van der Waals surface area (Å²) in [7, 11) is 1.70. The van der Waals surface area contributed by atoms with E-state index in [0.717, 1.165) is 32.9 Å². The van der Waals surface area contributed by atoms with Gasteiger partial charge >= 0.3 is 0 Å². The Morgan fingerprint density at radius 1 is 1.22 bits per heavy atom. The molecule has 1 N–H and O–H groups in total. The first-order chi connectivity index (χ1) is 11.2. The van der Waals surface area contributed by atoms with Crippen molar-refractivity contribution in [1.82, 2.24) is 0 Å². The van der Waals surface area contributed by atoms with Crippen LogP contribution in [0, 0.1) is 5.92 Å². The van der Waals surface area contributed by atoms with Gasteiger partial charge in [-0.1, -0.05) is 57.9 Å². The van der Waals surface area contributed by atoms with E-state index in [1.807, 2.05) is 18.2 Å². The standard InChI is InChI=1S/C19H17BrClNO/c1-23-16-10-9-15(21)17-11-6-4-7-12(11)18(22-19(16)17)13-5-2-3-8-14(13)20/h2-6,8-12,18,22H,7H2,1H3/t11-,12+,18-/m0/s1. The molecule has 0 fully saturated rings. The monoisotopic (exact) mass is 389 g/mol. The first kappa shape index (κ1) is 15.1. The van der Waals surface area contributed by atoms with Crippen molar-refractivity contribution in [3.05, 3.63) is 69.2 Å². The van der Waals surface area contributed by atoms with Crippen molar-refractivity contribution in [2.45, 2.75) is 18.4 Å². The molecule has 0 unspecified atom stereocenters. The summed E-state index contributed by atoms with van der Waals surface area (Å²) in [6, 6.07) is 12.5. The number of benzene rings is 2. The zero-order chi connectivity index (χ0) is 16.0. The first-order valence-corrected chi connectivity index (χ1v) is 8.92. The molecule has 0 bridgehead atoms. The zero-order valence-electron chi connectivity index (χ0n) is 12.7. The van der Waals surface area contributed by atoms with Crippen molar-refractivity contribution in [1.29, 1.82) is 0 Å². The third kappa shape index (κ3) is 2.38. The topological polar surface area (TPSA) is 21.3 Å². The second kappa shape index (κ2) is 5.88. The molecule has 0 saturated carbocycles. The smallest absolute Gasteiger partial charge is 0.142 e. The molecule has 23 heavy (non-hydrogen) atoms. The second-order valence-corrected chi connectivity index (χ2v) is 7.30. The number of hydrogen-bond acceptors (Lipinski definition) is 2. The van der Waals surface area contributed by atoms with Crippen molar-refractivity contribution < 1.29 is 4.74 Å². The van der Waals surface area contributed by atoms with Gasteiger partial charge in [-0.25, -0.2) is 0 Å². The molecule has 3 atom stereocenters. The molecule has 2 nitrogen and oxygen atoms in total. The number of rotatable bonds is 2. The van der Waals surface area contributed by atoms with Crippen molar-refractivity contribution >= 4 is 33.2 Å². The number of anilines is 1. The minimum atomic E-state index is 0.227. The highest BCUT2D eigenvalue weighted by molar-refractivity contribution is 9.10. The van der Waals surface area contributed by atoms with E-state index in [-0.39, 0.29) is 6.04 Å². The van der Waals surface area contributed by atoms with Gasteiger partial charge in [-0.05, 0) is 36.1 Å². The summed E-state index contributed by atoms with van der Waals surface area (Å²) in [5, 5.41) is 4.51. The molecule has 1 aliphatic heterocycles. The molecule has 0 spiro atoms. The van der Waals surface area contributed by atoms with Gasteiger partial charge in [0, 0.05) is 21.0 Å². The molecule has 118 valence electrons. The van der Waals surface area contributed by atoms with Crippen LogP contribution in [0.1, 0.15) is 29.5 Å². The molecular formula is C19H17BrClNO. The highest BCUT2D eigenvalue weighted by atomic mass is 79.9. The average Bonchev–Trinajstić information content (AvgIpc) is 3.04.